The van der Waals surface area contributed by atoms with Gasteiger partial charge in [-0.3, -0.25) is 9.78 Å². The Balaban J connectivity index is 1.66. The normalized spacial score (nSPS) is 13.4. The van der Waals surface area contributed by atoms with Crippen molar-refractivity contribution >= 4 is 17.4 Å². The van der Waals surface area contributed by atoms with Gasteiger partial charge in [-0.2, -0.15) is 0 Å². The number of carbonyl (C=O) groups is 1. The standard InChI is InChI=1S/C20H19N5O/c1-12-16(10-15(21)11-23-12)18-4-2-3-17(24-18)14-7-8-22-19(9-14)25-20(26)13-5-6-13/h2-4,7-11,13H,5-6,21H2,1H3,(H,22,25,26). The molecule has 6 heteroatoms. The zero-order chi connectivity index (χ0) is 18.1. The van der Waals surface area contributed by atoms with Crippen molar-refractivity contribution in [2.75, 3.05) is 11.1 Å². The van der Waals surface area contributed by atoms with Crippen LogP contribution in [0.4, 0.5) is 11.5 Å². The number of nitrogens with two attached hydrogens (primary N) is 1. The average molecular weight is 345 g/mol. The van der Waals surface area contributed by atoms with Crippen LogP contribution in [0.25, 0.3) is 22.5 Å². The molecule has 0 atom stereocenters. The van der Waals surface area contributed by atoms with E-state index in [2.05, 4.69) is 15.3 Å². The van der Waals surface area contributed by atoms with Crippen LogP contribution in [0.5, 0.6) is 0 Å². The topological polar surface area (TPSA) is 93.8 Å². The second-order valence-corrected chi connectivity index (χ2v) is 6.50. The van der Waals surface area contributed by atoms with E-state index < -0.39 is 0 Å². The van der Waals surface area contributed by atoms with E-state index in [0.29, 0.717) is 11.5 Å². The minimum absolute atomic E-state index is 0.0396. The highest BCUT2D eigenvalue weighted by Gasteiger charge is 2.29. The second kappa shape index (κ2) is 6.55. The average Bonchev–Trinajstić information content (AvgIpc) is 3.49. The molecule has 0 aromatic carbocycles. The number of hydrogen-bond acceptors (Lipinski definition) is 5. The number of amides is 1. The SMILES string of the molecule is Cc1ncc(N)cc1-c1cccc(-c2ccnc(NC(=O)C3CC3)c2)n1. The highest BCUT2D eigenvalue weighted by molar-refractivity contribution is 5.93. The number of aromatic nitrogens is 3. The molecule has 1 fully saturated rings. The van der Waals surface area contributed by atoms with E-state index in [0.717, 1.165) is 41.1 Å². The first-order chi connectivity index (χ1) is 12.6. The number of pyridine rings is 3. The third-order valence-corrected chi connectivity index (χ3v) is 4.39. The van der Waals surface area contributed by atoms with Gasteiger partial charge in [0.05, 0.1) is 23.3 Å². The van der Waals surface area contributed by atoms with Crippen molar-refractivity contribution < 1.29 is 4.79 Å². The van der Waals surface area contributed by atoms with Crippen LogP contribution in [0.3, 0.4) is 0 Å². The van der Waals surface area contributed by atoms with Crippen LogP contribution in [-0.4, -0.2) is 20.9 Å². The number of nitrogens with one attached hydrogen (secondary N) is 1. The highest BCUT2D eigenvalue weighted by atomic mass is 16.2. The first-order valence-corrected chi connectivity index (χ1v) is 8.57. The van der Waals surface area contributed by atoms with Crippen LogP contribution < -0.4 is 11.1 Å². The highest BCUT2D eigenvalue weighted by Crippen LogP contribution is 2.30. The lowest BCUT2D eigenvalue weighted by Crippen LogP contribution is -2.14. The lowest BCUT2D eigenvalue weighted by atomic mass is 10.1. The largest absolute Gasteiger partial charge is 0.397 e. The molecule has 0 radical (unpaired) electrons. The van der Waals surface area contributed by atoms with Crippen molar-refractivity contribution in [3.63, 3.8) is 0 Å². The minimum Gasteiger partial charge on any atom is -0.397 e. The summed E-state index contributed by atoms with van der Waals surface area (Å²) in [5, 5.41) is 2.87. The quantitative estimate of drug-likeness (QED) is 0.755. The van der Waals surface area contributed by atoms with Crippen molar-refractivity contribution in [1.29, 1.82) is 0 Å². The van der Waals surface area contributed by atoms with Gasteiger partial charge in [-0.15, -0.1) is 0 Å². The fraction of sp³-hybridized carbons (Fsp3) is 0.200. The molecule has 3 heterocycles. The lowest BCUT2D eigenvalue weighted by molar-refractivity contribution is -0.117. The molecule has 0 bridgehead atoms. The summed E-state index contributed by atoms with van der Waals surface area (Å²) in [6, 6.07) is 11.4. The molecular formula is C20H19N5O. The zero-order valence-corrected chi connectivity index (χ0v) is 14.4. The zero-order valence-electron chi connectivity index (χ0n) is 14.4. The Morgan fingerprint density at radius 1 is 1.15 bits per heavy atom. The number of anilines is 2. The number of hydrogen-bond donors (Lipinski definition) is 2. The molecule has 1 aliphatic rings. The number of nitrogen functional groups attached to an aromatic ring is 1. The number of rotatable bonds is 4. The van der Waals surface area contributed by atoms with Crippen LogP contribution in [0.15, 0.2) is 48.8 Å². The molecule has 0 saturated heterocycles. The van der Waals surface area contributed by atoms with Crippen molar-refractivity contribution in [3.05, 3.63) is 54.5 Å². The van der Waals surface area contributed by atoms with Crippen molar-refractivity contribution in [2.45, 2.75) is 19.8 Å². The van der Waals surface area contributed by atoms with E-state index in [9.17, 15) is 4.79 Å². The van der Waals surface area contributed by atoms with Crippen LogP contribution in [0, 0.1) is 12.8 Å². The van der Waals surface area contributed by atoms with Gasteiger partial charge in [0.2, 0.25) is 5.91 Å². The minimum atomic E-state index is 0.0396. The lowest BCUT2D eigenvalue weighted by Gasteiger charge is -2.09. The Morgan fingerprint density at radius 2 is 1.96 bits per heavy atom. The molecule has 1 amide bonds. The fourth-order valence-corrected chi connectivity index (χ4v) is 2.79. The van der Waals surface area contributed by atoms with Crippen LogP contribution in [0.1, 0.15) is 18.5 Å². The summed E-state index contributed by atoms with van der Waals surface area (Å²) in [6.45, 7) is 1.93. The van der Waals surface area contributed by atoms with Gasteiger partial charge in [-0.25, -0.2) is 9.97 Å². The molecule has 1 saturated carbocycles. The summed E-state index contributed by atoms with van der Waals surface area (Å²) < 4.78 is 0. The molecule has 3 aromatic heterocycles. The van der Waals surface area contributed by atoms with Crippen LogP contribution in [-0.2, 0) is 4.79 Å². The molecule has 130 valence electrons. The smallest absolute Gasteiger partial charge is 0.228 e. The third kappa shape index (κ3) is 3.39. The van der Waals surface area contributed by atoms with Crippen molar-refractivity contribution in [1.82, 2.24) is 15.0 Å². The molecule has 1 aliphatic carbocycles. The Labute approximate surface area is 151 Å². The summed E-state index contributed by atoms with van der Waals surface area (Å²) >= 11 is 0. The van der Waals surface area contributed by atoms with Crippen molar-refractivity contribution in [2.24, 2.45) is 5.92 Å². The monoisotopic (exact) mass is 345 g/mol. The molecular weight excluding hydrogens is 326 g/mol. The van der Waals surface area contributed by atoms with Gasteiger partial charge in [0, 0.05) is 28.9 Å². The summed E-state index contributed by atoms with van der Waals surface area (Å²) in [7, 11) is 0. The van der Waals surface area contributed by atoms with Gasteiger partial charge >= 0.3 is 0 Å². The van der Waals surface area contributed by atoms with Gasteiger partial charge in [0.15, 0.2) is 0 Å². The van der Waals surface area contributed by atoms with Gasteiger partial charge in [0.1, 0.15) is 5.82 Å². The maximum atomic E-state index is 11.9. The number of nitrogens with zero attached hydrogens (tertiary/aromatic N) is 3. The molecule has 3 aromatic rings. The van der Waals surface area contributed by atoms with Crippen molar-refractivity contribution in [3.8, 4) is 22.5 Å². The van der Waals surface area contributed by atoms with E-state index in [4.69, 9.17) is 10.7 Å². The van der Waals surface area contributed by atoms with E-state index in [-0.39, 0.29) is 11.8 Å². The maximum absolute atomic E-state index is 11.9. The first-order valence-electron chi connectivity index (χ1n) is 8.57. The summed E-state index contributed by atoms with van der Waals surface area (Å²) in [4.78, 5) is 25.2. The van der Waals surface area contributed by atoms with Gasteiger partial charge in [-0.05, 0) is 50.1 Å². The van der Waals surface area contributed by atoms with Crippen LogP contribution >= 0.6 is 0 Å². The fourth-order valence-electron chi connectivity index (χ4n) is 2.79. The van der Waals surface area contributed by atoms with E-state index >= 15 is 0 Å². The second-order valence-electron chi connectivity index (χ2n) is 6.50. The maximum Gasteiger partial charge on any atom is 0.228 e. The Morgan fingerprint density at radius 3 is 2.77 bits per heavy atom. The summed E-state index contributed by atoms with van der Waals surface area (Å²) in [5.41, 5.74) is 10.7. The first kappa shape index (κ1) is 16.2. The number of aryl methyl sites for hydroxylation is 1. The molecule has 26 heavy (non-hydrogen) atoms. The molecule has 6 nitrogen and oxygen atoms in total. The van der Waals surface area contributed by atoms with E-state index in [1.165, 1.54) is 0 Å². The van der Waals surface area contributed by atoms with Crippen LogP contribution in [0.2, 0.25) is 0 Å². The molecule has 0 unspecified atom stereocenters. The molecule has 3 N–H and O–H groups in total. The van der Waals surface area contributed by atoms with E-state index in [1.807, 2.05) is 43.3 Å². The molecule has 0 aliphatic heterocycles. The van der Waals surface area contributed by atoms with Gasteiger partial charge < -0.3 is 11.1 Å². The van der Waals surface area contributed by atoms with Gasteiger partial charge in [-0.1, -0.05) is 6.07 Å². The summed E-state index contributed by atoms with van der Waals surface area (Å²) in [5.74, 6) is 0.729. The molecule has 0 spiro atoms. The molecule has 4 rings (SSSR count). The Bertz CT molecular complexity index is 981. The summed E-state index contributed by atoms with van der Waals surface area (Å²) in [6.07, 6.45) is 5.24. The van der Waals surface area contributed by atoms with Gasteiger partial charge in [0.25, 0.3) is 0 Å². The van der Waals surface area contributed by atoms with E-state index in [1.54, 1.807) is 12.4 Å². The predicted molar refractivity (Wildman–Crippen MR) is 101 cm³/mol. The predicted octanol–water partition coefficient (Wildman–Crippen LogP) is 3.44. The number of carbonyl (C=O) groups excluding carboxylic acids is 1. The Hall–Kier alpha value is -3.28. The third-order valence-electron chi connectivity index (χ3n) is 4.39. The Kier molecular flexibility index (Phi) is 4.08.